The third-order valence-corrected chi connectivity index (χ3v) is 3.19. The van der Waals surface area contributed by atoms with E-state index in [1.807, 2.05) is 0 Å². The van der Waals surface area contributed by atoms with E-state index in [4.69, 9.17) is 25.9 Å². The Bertz CT molecular complexity index is 583. The summed E-state index contributed by atoms with van der Waals surface area (Å²) < 4.78 is 41.3. The van der Waals surface area contributed by atoms with Crippen LogP contribution in [0, 0.1) is 11.8 Å². The molecule has 1 aromatic rings. The highest BCUT2D eigenvalue weighted by Crippen LogP contribution is 2.31. The van der Waals surface area contributed by atoms with Crippen LogP contribution in [0.25, 0.3) is 0 Å². The summed E-state index contributed by atoms with van der Waals surface area (Å²) in [4.78, 5) is 0.282. The fourth-order valence-corrected chi connectivity index (χ4v) is 2.06. The van der Waals surface area contributed by atoms with Gasteiger partial charge in [-0.1, -0.05) is 36.1 Å². The van der Waals surface area contributed by atoms with Gasteiger partial charge >= 0.3 is 7.40 Å². The van der Waals surface area contributed by atoms with E-state index in [-0.39, 0.29) is 11.2 Å². The first-order valence-electron chi connectivity index (χ1n) is 7.23. The molecule has 0 aromatic heterocycles. The van der Waals surface area contributed by atoms with Crippen LogP contribution in [0.3, 0.4) is 0 Å². The molecule has 0 aliphatic heterocycles. The third-order valence-electron chi connectivity index (χ3n) is 2.69. The minimum Gasteiger partial charge on any atom is -0.269 e. The van der Waals surface area contributed by atoms with Gasteiger partial charge in [-0.2, -0.15) is 0 Å². The van der Waals surface area contributed by atoms with E-state index in [1.165, 1.54) is 13.0 Å². The second-order valence-corrected chi connectivity index (χ2v) is 6.17. The van der Waals surface area contributed by atoms with Crippen molar-refractivity contribution >= 4 is 30.6 Å². The zero-order valence-electron chi connectivity index (χ0n) is 13.5. The lowest BCUT2D eigenvalue weighted by atomic mass is 10.0. The van der Waals surface area contributed by atoms with Gasteiger partial charge in [0.2, 0.25) is 0 Å². The molecule has 21 heavy (non-hydrogen) atoms. The molecule has 6 heteroatoms. The Hall–Kier alpha value is -1.02. The molecule has 0 spiro atoms. The van der Waals surface area contributed by atoms with E-state index < -0.39 is 24.3 Å². The summed E-state index contributed by atoms with van der Waals surface area (Å²) in [7, 11) is -3.13. The number of alkyl halides is 2. The molecule has 1 unspecified atom stereocenters. The van der Waals surface area contributed by atoms with Gasteiger partial charge in [0.15, 0.2) is 0 Å². The Labute approximate surface area is 137 Å². The average molecular weight is 332 g/mol. The van der Waals surface area contributed by atoms with Crippen molar-refractivity contribution in [2.75, 3.05) is 6.50 Å². The van der Waals surface area contributed by atoms with Crippen LogP contribution >= 0.6 is 23.2 Å². The van der Waals surface area contributed by atoms with Gasteiger partial charge in [0.05, 0.1) is 9.24 Å². The van der Waals surface area contributed by atoms with E-state index >= 15 is 0 Å². The molecule has 0 saturated carbocycles. The molecule has 1 rings (SSSR count). The van der Waals surface area contributed by atoms with Gasteiger partial charge in [-0.05, 0) is 25.5 Å². The highest BCUT2D eigenvalue weighted by molar-refractivity contribution is 6.49. The topological polar surface area (TPSA) is 3.24 Å². The van der Waals surface area contributed by atoms with E-state index in [9.17, 15) is 8.63 Å². The molecule has 0 aliphatic rings. The maximum atomic E-state index is 13.5. The zero-order valence-corrected chi connectivity index (χ0v) is 13.0. The summed E-state index contributed by atoms with van der Waals surface area (Å²) in [5, 5.41) is 0. The van der Waals surface area contributed by atoms with Crippen molar-refractivity contribution in [1.82, 2.24) is 4.81 Å². The molecule has 0 amide bonds. The van der Waals surface area contributed by atoms with Crippen molar-refractivity contribution in [3.05, 3.63) is 48.6 Å². The average Bonchev–Trinajstić information content (AvgIpc) is 2.44. The molecule has 112 valence electrons. The summed E-state index contributed by atoms with van der Waals surface area (Å²) in [6.45, 7) is 2.20. The Morgan fingerprint density at radius 3 is 2.57 bits per heavy atom. The number of hydrogen-bond donors (Lipinski definition) is 0. The number of nitrogens with zero attached hydrogens (tertiary/aromatic N) is 1. The summed E-state index contributed by atoms with van der Waals surface area (Å²) >= 11 is 11.9. The van der Waals surface area contributed by atoms with E-state index in [0.717, 1.165) is 0 Å². The number of hydrogen-bond acceptors (Lipinski definition) is 1. The molecular weight excluding hydrogens is 314 g/mol. The monoisotopic (exact) mass is 331 g/mol. The largest absolute Gasteiger partial charge is 0.637 e. The predicted octanol–water partition coefficient (Wildman–Crippen LogP) is 4.40. The first-order valence-corrected chi connectivity index (χ1v) is 6.98. The lowest BCUT2D eigenvalue weighted by Gasteiger charge is -2.34. The van der Waals surface area contributed by atoms with Gasteiger partial charge in [-0.25, -0.2) is 0 Å². The van der Waals surface area contributed by atoms with Crippen molar-refractivity contribution in [2.45, 2.75) is 23.7 Å². The van der Waals surface area contributed by atoms with Gasteiger partial charge in [-0.15, -0.1) is 29.8 Å². The Kier molecular flexibility index (Phi) is 5.98. The maximum Gasteiger partial charge on any atom is 0.637 e. The maximum absolute atomic E-state index is 13.5. The van der Waals surface area contributed by atoms with E-state index in [1.54, 1.807) is 30.3 Å². The number of benzene rings is 1. The van der Waals surface area contributed by atoms with Gasteiger partial charge in [-0.3, -0.25) is 13.4 Å². The fraction of sp³-hybridized carbons (Fsp3) is 0.333. The van der Waals surface area contributed by atoms with Crippen LogP contribution in [0.4, 0.5) is 8.63 Å². The summed E-state index contributed by atoms with van der Waals surface area (Å²) in [5.74, 6) is 4.80. The second-order valence-electron chi connectivity index (χ2n) is 4.41. The lowest BCUT2D eigenvalue weighted by molar-refractivity contribution is 0.287. The minimum absolute atomic E-state index is 0.0135. The minimum atomic E-state index is -3.13. The molecule has 1 aromatic carbocycles. The SMILES string of the molecule is [2H]C([2H])(C#Cc1ccccc1)N(B(F)F)C(CC=C)C(C)(Cl)Cl. The Balaban J connectivity index is 3.21. The van der Waals surface area contributed by atoms with E-state index in [0.29, 0.717) is 5.56 Å². The van der Waals surface area contributed by atoms with Crippen molar-refractivity contribution in [3.8, 4) is 11.8 Å². The molecule has 1 nitrogen and oxygen atoms in total. The highest BCUT2D eigenvalue weighted by Gasteiger charge is 2.40. The number of rotatable bonds is 6. The van der Waals surface area contributed by atoms with Crippen molar-refractivity contribution < 1.29 is 11.4 Å². The summed E-state index contributed by atoms with van der Waals surface area (Å²) in [6.07, 6.45) is 1.35. The summed E-state index contributed by atoms with van der Waals surface area (Å²) in [5.41, 5.74) is 0.519. The molecule has 0 aliphatic carbocycles. The molecule has 0 heterocycles. The number of halogens is 4. The van der Waals surface area contributed by atoms with Gasteiger partial charge in [0.25, 0.3) is 0 Å². The molecule has 0 N–H and O–H groups in total. The van der Waals surface area contributed by atoms with Gasteiger partial charge < -0.3 is 0 Å². The standard InChI is InChI=1S/C15H16BCl2F2N/c1-3-8-14(15(2,17)18)21(16(19)20)12-7-11-13-9-5-4-6-10-13/h3-6,9-10,14H,1,8,12H2,2H3/i12D2. The Morgan fingerprint density at radius 2 is 2.10 bits per heavy atom. The first-order chi connectivity index (χ1) is 10.6. The van der Waals surface area contributed by atoms with Crippen LogP contribution in [-0.2, 0) is 0 Å². The van der Waals surface area contributed by atoms with E-state index in [2.05, 4.69) is 18.4 Å². The normalized spacial score (nSPS) is 14.6. The molecular formula is C15H16BCl2F2N. The van der Waals surface area contributed by atoms with Crippen LogP contribution < -0.4 is 0 Å². The van der Waals surface area contributed by atoms with Crippen molar-refractivity contribution in [2.24, 2.45) is 0 Å². The summed E-state index contributed by atoms with van der Waals surface area (Å²) in [6, 6.07) is 7.34. The Morgan fingerprint density at radius 1 is 1.48 bits per heavy atom. The van der Waals surface area contributed by atoms with Crippen LogP contribution in [0.2, 0.25) is 0 Å². The van der Waals surface area contributed by atoms with Crippen LogP contribution in [0.5, 0.6) is 0 Å². The predicted molar refractivity (Wildman–Crippen MR) is 86.7 cm³/mol. The fourth-order valence-electron chi connectivity index (χ4n) is 1.67. The van der Waals surface area contributed by atoms with Crippen LogP contribution in [0.15, 0.2) is 43.0 Å². The van der Waals surface area contributed by atoms with Gasteiger partial charge in [0, 0.05) is 11.6 Å². The van der Waals surface area contributed by atoms with Crippen molar-refractivity contribution in [3.63, 3.8) is 0 Å². The van der Waals surface area contributed by atoms with Gasteiger partial charge in [0.1, 0.15) is 4.33 Å². The molecule has 1 atom stereocenters. The second kappa shape index (κ2) is 8.43. The molecule has 0 radical (unpaired) electrons. The molecule has 0 fully saturated rings. The molecule has 0 saturated heterocycles. The zero-order chi connectivity index (χ0) is 17.7. The third kappa shape index (κ3) is 6.09. The van der Waals surface area contributed by atoms with Crippen LogP contribution in [0.1, 0.15) is 21.6 Å². The lowest BCUT2D eigenvalue weighted by Crippen LogP contribution is -2.49. The quantitative estimate of drug-likeness (QED) is 0.323. The first kappa shape index (κ1) is 14.9. The smallest absolute Gasteiger partial charge is 0.269 e. The van der Waals surface area contributed by atoms with Crippen molar-refractivity contribution in [1.29, 1.82) is 0 Å². The molecule has 0 bridgehead atoms. The van der Waals surface area contributed by atoms with Crippen LogP contribution in [-0.4, -0.2) is 29.1 Å². The highest BCUT2D eigenvalue weighted by atomic mass is 35.5.